The lowest BCUT2D eigenvalue weighted by molar-refractivity contribution is -0.136. The Morgan fingerprint density at radius 1 is 1.08 bits per heavy atom. The molecule has 0 aliphatic rings. The van der Waals surface area contributed by atoms with E-state index in [0.717, 1.165) is 6.07 Å². The van der Waals surface area contributed by atoms with E-state index in [1.165, 1.54) is 36.9 Å². The Morgan fingerprint density at radius 3 is 2.46 bits per heavy atom. The summed E-state index contributed by atoms with van der Waals surface area (Å²) in [4.78, 5) is 20.1. The highest BCUT2D eigenvalue weighted by Crippen LogP contribution is 2.34. The van der Waals surface area contributed by atoms with E-state index in [0.29, 0.717) is 12.3 Å². The molecule has 0 spiro atoms. The molecule has 26 heavy (non-hydrogen) atoms. The van der Waals surface area contributed by atoms with Crippen LogP contribution in [0.2, 0.25) is 0 Å². The van der Waals surface area contributed by atoms with Gasteiger partial charge in [-0.1, -0.05) is 12.1 Å². The molecule has 2 aromatic heterocycles. The van der Waals surface area contributed by atoms with Crippen LogP contribution in [0.25, 0.3) is 0 Å². The molecule has 0 saturated carbocycles. The van der Waals surface area contributed by atoms with E-state index in [4.69, 9.17) is 4.42 Å². The predicted octanol–water partition coefficient (Wildman–Crippen LogP) is 3.95. The number of hydrogen-bond donors (Lipinski definition) is 2. The van der Waals surface area contributed by atoms with Crippen molar-refractivity contribution in [1.29, 1.82) is 0 Å². The van der Waals surface area contributed by atoms with Crippen LogP contribution in [0.3, 0.4) is 0 Å². The molecule has 0 aliphatic carbocycles. The van der Waals surface area contributed by atoms with Crippen molar-refractivity contribution >= 4 is 17.5 Å². The molecule has 6 nitrogen and oxygen atoms in total. The van der Waals surface area contributed by atoms with Crippen LogP contribution in [-0.2, 0) is 12.7 Å². The largest absolute Gasteiger partial charge is 0.467 e. The fraction of sp³-hybridized carbons (Fsp3) is 0.118. The Kier molecular flexibility index (Phi) is 4.87. The molecule has 3 rings (SSSR count). The number of hydrogen-bond acceptors (Lipinski definition) is 5. The number of carbonyl (C=O) groups excluding carboxylic acids is 1. The van der Waals surface area contributed by atoms with Gasteiger partial charge in [0.1, 0.15) is 5.76 Å². The summed E-state index contributed by atoms with van der Waals surface area (Å²) < 4.78 is 44.0. The summed E-state index contributed by atoms with van der Waals surface area (Å²) in [6.45, 7) is 0.359. The first-order valence-electron chi connectivity index (χ1n) is 7.49. The highest BCUT2D eigenvalue weighted by atomic mass is 19.4. The zero-order valence-electron chi connectivity index (χ0n) is 13.2. The minimum atomic E-state index is -4.57. The first kappa shape index (κ1) is 17.5. The molecule has 1 aromatic carbocycles. The molecule has 1 amide bonds. The first-order chi connectivity index (χ1) is 12.4. The molecule has 0 atom stereocenters. The van der Waals surface area contributed by atoms with Crippen LogP contribution < -0.4 is 10.6 Å². The van der Waals surface area contributed by atoms with Crippen molar-refractivity contribution in [3.05, 3.63) is 71.9 Å². The van der Waals surface area contributed by atoms with Crippen molar-refractivity contribution in [2.24, 2.45) is 0 Å². The zero-order chi connectivity index (χ0) is 18.6. The molecule has 0 unspecified atom stereocenters. The standard InChI is InChI=1S/C17H13F3N4O2/c18-17(19,20)13-5-1-2-6-14(13)24-15(25)11-8-21-16(22-9-11)23-10-12-4-3-7-26-12/h1-9H,10H2,(H,24,25)(H,21,22,23). The average molecular weight is 362 g/mol. The van der Waals surface area contributed by atoms with Gasteiger partial charge in [0, 0.05) is 12.4 Å². The van der Waals surface area contributed by atoms with Gasteiger partial charge in [-0.05, 0) is 24.3 Å². The van der Waals surface area contributed by atoms with Gasteiger partial charge in [0.25, 0.3) is 5.91 Å². The Balaban J connectivity index is 1.67. The fourth-order valence-corrected chi connectivity index (χ4v) is 2.15. The number of anilines is 2. The number of amides is 1. The van der Waals surface area contributed by atoms with Gasteiger partial charge in [-0.25, -0.2) is 9.97 Å². The molecule has 0 saturated heterocycles. The topological polar surface area (TPSA) is 80.0 Å². The van der Waals surface area contributed by atoms with Crippen molar-refractivity contribution in [2.45, 2.75) is 12.7 Å². The second kappa shape index (κ2) is 7.26. The number of nitrogens with zero attached hydrogens (tertiary/aromatic N) is 2. The molecular formula is C17H13F3N4O2. The third kappa shape index (κ3) is 4.18. The zero-order valence-corrected chi connectivity index (χ0v) is 13.2. The maximum absolute atomic E-state index is 13.0. The van der Waals surface area contributed by atoms with Gasteiger partial charge in [-0.15, -0.1) is 0 Å². The summed E-state index contributed by atoms with van der Waals surface area (Å²) in [5, 5.41) is 5.13. The number of benzene rings is 1. The second-order valence-electron chi connectivity index (χ2n) is 5.23. The first-order valence-corrected chi connectivity index (χ1v) is 7.49. The van der Waals surface area contributed by atoms with Gasteiger partial charge in [0.15, 0.2) is 0 Å². The van der Waals surface area contributed by atoms with Gasteiger partial charge < -0.3 is 15.1 Å². The summed E-state index contributed by atoms with van der Waals surface area (Å²) >= 11 is 0. The Hall–Kier alpha value is -3.36. The van der Waals surface area contributed by atoms with Crippen LogP contribution in [-0.4, -0.2) is 15.9 Å². The summed E-state index contributed by atoms with van der Waals surface area (Å²) in [6, 6.07) is 8.25. The Bertz CT molecular complexity index is 878. The lowest BCUT2D eigenvalue weighted by Gasteiger charge is -2.13. The monoisotopic (exact) mass is 362 g/mol. The second-order valence-corrected chi connectivity index (χ2v) is 5.23. The molecular weight excluding hydrogens is 349 g/mol. The van der Waals surface area contributed by atoms with Crippen molar-refractivity contribution in [3.8, 4) is 0 Å². The molecule has 9 heteroatoms. The number of furan rings is 1. The van der Waals surface area contributed by atoms with Crippen LogP contribution in [0, 0.1) is 0 Å². The van der Waals surface area contributed by atoms with E-state index in [9.17, 15) is 18.0 Å². The van der Waals surface area contributed by atoms with E-state index in [1.807, 2.05) is 0 Å². The minimum absolute atomic E-state index is 0.0329. The third-order valence-corrected chi connectivity index (χ3v) is 3.40. The number of alkyl halides is 3. The molecule has 2 heterocycles. The lowest BCUT2D eigenvalue weighted by atomic mass is 10.1. The summed E-state index contributed by atoms with van der Waals surface area (Å²) in [6.07, 6.45) is -0.587. The SMILES string of the molecule is O=C(Nc1ccccc1C(F)(F)F)c1cnc(NCc2ccco2)nc1. The predicted molar refractivity (Wildman–Crippen MR) is 87.5 cm³/mol. The van der Waals surface area contributed by atoms with Crippen LogP contribution in [0.4, 0.5) is 24.8 Å². The molecule has 0 fully saturated rings. The maximum atomic E-state index is 13.0. The smallest absolute Gasteiger partial charge is 0.418 e. The number of aromatic nitrogens is 2. The number of rotatable bonds is 5. The van der Waals surface area contributed by atoms with Gasteiger partial charge in [0.05, 0.1) is 29.6 Å². The Labute approximate surface area is 146 Å². The van der Waals surface area contributed by atoms with E-state index in [1.54, 1.807) is 12.1 Å². The Morgan fingerprint density at radius 2 is 1.81 bits per heavy atom. The number of halogens is 3. The van der Waals surface area contributed by atoms with Gasteiger partial charge in [0.2, 0.25) is 5.95 Å². The van der Waals surface area contributed by atoms with Gasteiger partial charge >= 0.3 is 6.18 Å². The maximum Gasteiger partial charge on any atom is 0.418 e. The summed E-state index contributed by atoms with van der Waals surface area (Å²) in [7, 11) is 0. The molecule has 0 bridgehead atoms. The quantitative estimate of drug-likeness (QED) is 0.718. The van der Waals surface area contributed by atoms with E-state index < -0.39 is 17.6 Å². The van der Waals surface area contributed by atoms with E-state index in [2.05, 4.69) is 20.6 Å². The van der Waals surface area contributed by atoms with Crippen molar-refractivity contribution in [2.75, 3.05) is 10.6 Å². The van der Waals surface area contributed by atoms with Gasteiger partial charge in [-0.3, -0.25) is 4.79 Å². The normalized spacial score (nSPS) is 11.2. The number of carbonyl (C=O) groups is 1. The molecule has 0 aliphatic heterocycles. The highest BCUT2D eigenvalue weighted by Gasteiger charge is 2.33. The third-order valence-electron chi connectivity index (χ3n) is 3.40. The summed E-state index contributed by atoms with van der Waals surface area (Å²) in [5.74, 6) is 0.201. The molecule has 134 valence electrons. The fourth-order valence-electron chi connectivity index (χ4n) is 2.15. The average Bonchev–Trinajstić information content (AvgIpc) is 3.13. The van der Waals surface area contributed by atoms with E-state index >= 15 is 0 Å². The van der Waals surface area contributed by atoms with E-state index in [-0.39, 0.29) is 17.2 Å². The van der Waals surface area contributed by atoms with Crippen LogP contribution >= 0.6 is 0 Å². The van der Waals surface area contributed by atoms with Crippen molar-refractivity contribution in [3.63, 3.8) is 0 Å². The van der Waals surface area contributed by atoms with Crippen LogP contribution in [0.1, 0.15) is 21.7 Å². The van der Waals surface area contributed by atoms with Crippen LogP contribution in [0.5, 0.6) is 0 Å². The van der Waals surface area contributed by atoms with Crippen LogP contribution in [0.15, 0.2) is 59.5 Å². The number of para-hydroxylation sites is 1. The molecule has 3 aromatic rings. The highest BCUT2D eigenvalue weighted by molar-refractivity contribution is 6.04. The number of nitrogens with one attached hydrogen (secondary N) is 2. The lowest BCUT2D eigenvalue weighted by Crippen LogP contribution is -2.17. The van der Waals surface area contributed by atoms with Gasteiger partial charge in [-0.2, -0.15) is 13.2 Å². The van der Waals surface area contributed by atoms with Crippen molar-refractivity contribution in [1.82, 2.24) is 9.97 Å². The minimum Gasteiger partial charge on any atom is -0.467 e. The molecule has 2 N–H and O–H groups in total. The van der Waals surface area contributed by atoms with Crippen molar-refractivity contribution < 1.29 is 22.4 Å². The summed E-state index contributed by atoms with van der Waals surface area (Å²) in [5.41, 5.74) is -1.22. The molecule has 0 radical (unpaired) electrons.